The number of alkyl carbamates (subject to hydrolysis) is 2. The van der Waals surface area contributed by atoms with Crippen molar-refractivity contribution >= 4 is 86.1 Å². The molecule has 2 saturated heterocycles. The number of fused-ring (bicyclic) bond motifs is 2. The minimum absolute atomic E-state index is 0.0168. The second kappa shape index (κ2) is 28.6. The van der Waals surface area contributed by atoms with Crippen molar-refractivity contribution in [2.24, 2.45) is 23.7 Å². The Morgan fingerprint density at radius 3 is 1.58 bits per heavy atom. The Morgan fingerprint density at radius 1 is 0.642 bits per heavy atom. The van der Waals surface area contributed by atoms with Gasteiger partial charge in [-0.1, -0.05) is 80.0 Å². The highest BCUT2D eigenvalue weighted by Gasteiger charge is 2.40. The largest absolute Gasteiger partial charge is 0.444 e. The van der Waals surface area contributed by atoms with E-state index in [4.69, 9.17) is 9.47 Å². The fraction of sp³-hybridized carbons (Fsp3) is 0.516. The average molecular weight is 1180 g/mol. The first-order valence-electron chi connectivity index (χ1n) is 28.2. The van der Waals surface area contributed by atoms with Crippen molar-refractivity contribution in [3.05, 3.63) is 108 Å². The number of halogens is 1. The van der Waals surface area contributed by atoms with E-state index in [9.17, 15) is 38.4 Å². The number of aromatic nitrogens is 2. The summed E-state index contributed by atoms with van der Waals surface area (Å²) in [5, 5.41) is 9.21. The van der Waals surface area contributed by atoms with Crippen LogP contribution >= 0.6 is 15.9 Å². The van der Waals surface area contributed by atoms with Crippen molar-refractivity contribution in [3.8, 4) is 0 Å². The number of rotatable bonds is 17. The zero-order valence-corrected chi connectivity index (χ0v) is 50.2. The maximum absolute atomic E-state index is 14.1. The van der Waals surface area contributed by atoms with E-state index in [2.05, 4.69) is 41.8 Å². The van der Waals surface area contributed by atoms with E-state index in [1.54, 1.807) is 68.6 Å². The molecule has 436 valence electrons. The number of alkyl halides is 1. The molecule has 0 radical (unpaired) electrons. The zero-order valence-electron chi connectivity index (χ0n) is 48.6. The molecule has 2 fully saturated rings. The van der Waals surface area contributed by atoms with Crippen molar-refractivity contribution in [2.75, 3.05) is 33.1 Å². The van der Waals surface area contributed by atoms with Crippen LogP contribution in [0.15, 0.2) is 85.2 Å². The van der Waals surface area contributed by atoms with E-state index in [1.807, 2.05) is 100 Å². The molecule has 0 saturated carbocycles. The van der Waals surface area contributed by atoms with Crippen LogP contribution in [0, 0.1) is 23.7 Å². The summed E-state index contributed by atoms with van der Waals surface area (Å²) < 4.78 is 10.7. The first-order chi connectivity index (χ1) is 38.3. The smallest absolute Gasteiger partial charge is 0.408 e. The summed E-state index contributed by atoms with van der Waals surface area (Å²) in [6.45, 7) is 20.0. The SMILES string of the molecule is BrCc1ccccn1.CC(C)C[C@@H](NC(=O)OC(C)(C)C)C(=O)CC1Cc2cccc(N3CCCC3=O)c2N(Cc2ccccn2)C1=O.CC(C)C[C@@H](NC(=O)OC(C)(C)C)C(=O)CC1Cc2cccc(N3CCCC3=O)c2NC1=O. The predicted octanol–water partition coefficient (Wildman–Crippen LogP) is 10.6. The summed E-state index contributed by atoms with van der Waals surface area (Å²) in [5.74, 6) is -1.55. The molecular formula is C62H81BrN8O10. The lowest BCUT2D eigenvalue weighted by molar-refractivity contribution is -0.129. The Morgan fingerprint density at radius 2 is 1.12 bits per heavy atom. The van der Waals surface area contributed by atoms with Gasteiger partial charge in [-0.3, -0.25) is 38.7 Å². The Kier molecular flexibility index (Phi) is 22.3. The molecule has 0 bridgehead atoms. The van der Waals surface area contributed by atoms with E-state index in [1.165, 1.54) is 0 Å². The minimum Gasteiger partial charge on any atom is -0.444 e. The van der Waals surface area contributed by atoms with Crippen LogP contribution in [0.5, 0.6) is 0 Å². The number of benzene rings is 2. The van der Waals surface area contributed by atoms with E-state index < -0.39 is 47.3 Å². The molecule has 4 aliphatic heterocycles. The lowest BCUT2D eigenvalue weighted by Crippen LogP contribution is -2.47. The number of anilines is 4. The molecular weight excluding hydrogens is 1100 g/mol. The number of carbonyl (C=O) groups is 8. The van der Waals surface area contributed by atoms with Crippen LogP contribution in [0.4, 0.5) is 32.3 Å². The number of para-hydroxylation sites is 2. The van der Waals surface area contributed by atoms with Crippen LogP contribution < -0.4 is 30.7 Å². The van der Waals surface area contributed by atoms with Crippen LogP contribution in [0.2, 0.25) is 0 Å². The van der Waals surface area contributed by atoms with Crippen molar-refractivity contribution in [1.82, 2.24) is 20.6 Å². The fourth-order valence-electron chi connectivity index (χ4n) is 10.2. The highest BCUT2D eigenvalue weighted by molar-refractivity contribution is 9.08. The van der Waals surface area contributed by atoms with Gasteiger partial charge in [-0.2, -0.15) is 0 Å². The molecule has 6 heterocycles. The van der Waals surface area contributed by atoms with E-state index in [0.717, 1.165) is 46.4 Å². The highest BCUT2D eigenvalue weighted by Crippen LogP contribution is 2.42. The number of Topliss-reactive ketones (excluding diaryl/α,β-unsaturated/α-hetero) is 2. The lowest BCUT2D eigenvalue weighted by Gasteiger charge is -2.37. The number of ketones is 2. The van der Waals surface area contributed by atoms with Crippen LogP contribution in [0.3, 0.4) is 0 Å². The van der Waals surface area contributed by atoms with Gasteiger partial charge in [0.15, 0.2) is 11.6 Å². The molecule has 81 heavy (non-hydrogen) atoms. The molecule has 4 aromatic rings. The number of ether oxygens (including phenoxy) is 2. The third kappa shape index (κ3) is 18.5. The van der Waals surface area contributed by atoms with Gasteiger partial charge in [0.25, 0.3) is 0 Å². The number of nitrogens with one attached hydrogen (secondary N) is 3. The van der Waals surface area contributed by atoms with Crippen molar-refractivity contribution in [2.45, 2.75) is 169 Å². The normalized spacial score (nSPS) is 17.7. The van der Waals surface area contributed by atoms with Gasteiger partial charge in [-0.15, -0.1) is 0 Å². The first-order valence-corrected chi connectivity index (χ1v) is 29.3. The van der Waals surface area contributed by atoms with Gasteiger partial charge in [0.05, 0.1) is 52.8 Å². The third-order valence-electron chi connectivity index (χ3n) is 13.8. The summed E-state index contributed by atoms with van der Waals surface area (Å²) in [4.78, 5) is 117. The molecule has 0 aliphatic carbocycles. The fourth-order valence-corrected chi connectivity index (χ4v) is 10.6. The maximum Gasteiger partial charge on any atom is 0.408 e. The minimum atomic E-state index is -0.762. The summed E-state index contributed by atoms with van der Waals surface area (Å²) in [6.07, 6.45) is 6.43. The third-order valence-corrected chi connectivity index (χ3v) is 14.3. The molecule has 0 spiro atoms. The summed E-state index contributed by atoms with van der Waals surface area (Å²) in [5.41, 5.74) is 5.05. The molecule has 18 nitrogen and oxygen atoms in total. The molecule has 19 heteroatoms. The summed E-state index contributed by atoms with van der Waals surface area (Å²) in [7, 11) is 0. The number of hydrogen-bond donors (Lipinski definition) is 3. The molecule has 2 aromatic heterocycles. The highest BCUT2D eigenvalue weighted by atomic mass is 79.9. The van der Waals surface area contributed by atoms with Gasteiger partial charge in [0.2, 0.25) is 23.6 Å². The first kappa shape index (κ1) is 63.2. The Labute approximate surface area is 485 Å². The molecule has 6 amide bonds. The summed E-state index contributed by atoms with van der Waals surface area (Å²) >= 11 is 3.29. The maximum atomic E-state index is 14.1. The average Bonchev–Trinajstić information content (AvgIpc) is 4.14. The van der Waals surface area contributed by atoms with Gasteiger partial charge in [-0.05, 0) is 139 Å². The van der Waals surface area contributed by atoms with Gasteiger partial charge in [0.1, 0.15) is 11.2 Å². The Balaban J connectivity index is 0.000000232. The lowest BCUT2D eigenvalue weighted by atomic mass is 9.85. The van der Waals surface area contributed by atoms with Gasteiger partial charge < -0.3 is 40.1 Å². The van der Waals surface area contributed by atoms with Crippen LogP contribution in [-0.4, -0.2) is 93.7 Å². The van der Waals surface area contributed by atoms with Crippen LogP contribution in [-0.2, 0) is 63.0 Å². The van der Waals surface area contributed by atoms with Gasteiger partial charge in [-0.25, -0.2) is 9.59 Å². The number of carbonyl (C=O) groups excluding carboxylic acids is 8. The van der Waals surface area contributed by atoms with Crippen molar-refractivity contribution in [1.29, 1.82) is 0 Å². The van der Waals surface area contributed by atoms with Crippen molar-refractivity contribution < 1.29 is 47.8 Å². The van der Waals surface area contributed by atoms with Crippen LogP contribution in [0.1, 0.15) is 143 Å². The Hall–Kier alpha value is -7.02. The van der Waals surface area contributed by atoms with E-state index >= 15 is 0 Å². The van der Waals surface area contributed by atoms with E-state index in [0.29, 0.717) is 68.7 Å². The standard InChI is InChI=1S/C31H40N4O5.C25H35N3O5.C6H6BrN/c1-20(2)16-24(33-30(39)40-31(3,4)5)26(36)18-22-17-21-10-8-12-25(34-15-9-13-27(34)37)28(21)35(29(22)38)19-23-11-6-7-14-32-23;1-15(2)12-18(26-24(32)33-25(3,4)5)20(29)14-17-13-16-8-6-9-19(22(16)27-23(17)31)28-11-7-10-21(28)30;7-5-6-3-1-2-4-8-6/h6-8,10-12,14,20,22,24H,9,13,15-19H2,1-5H3,(H,33,39);6,8-9,15,17-18H,7,10-14H2,1-5H3,(H,26,32)(H,27,31);1-4H,5H2/t22?,24-;17?,18-;/m11./s1. The van der Waals surface area contributed by atoms with Crippen molar-refractivity contribution in [3.63, 3.8) is 0 Å². The summed E-state index contributed by atoms with van der Waals surface area (Å²) in [6, 6.07) is 21.3. The van der Waals surface area contributed by atoms with Crippen LogP contribution in [0.25, 0.3) is 0 Å². The quantitative estimate of drug-likeness (QED) is 0.0839. The topological polar surface area (TPSA) is 227 Å². The molecule has 8 rings (SSSR count). The molecule has 3 N–H and O–H groups in total. The van der Waals surface area contributed by atoms with Gasteiger partial charge >= 0.3 is 12.2 Å². The number of nitrogens with zero attached hydrogens (tertiary/aromatic N) is 5. The zero-order chi connectivity index (χ0) is 59.2. The monoisotopic (exact) mass is 1180 g/mol. The molecule has 2 unspecified atom stereocenters. The molecule has 4 aliphatic rings. The Bertz CT molecular complexity index is 2870. The van der Waals surface area contributed by atoms with Gasteiger partial charge in [0, 0.05) is 68.3 Å². The number of pyridine rings is 2. The predicted molar refractivity (Wildman–Crippen MR) is 316 cm³/mol. The second-order valence-electron chi connectivity index (χ2n) is 23.9. The molecule has 2 aromatic carbocycles. The number of amides is 6. The van der Waals surface area contributed by atoms with E-state index in [-0.39, 0.29) is 66.4 Å². The molecule has 4 atom stereocenters. The second-order valence-corrected chi connectivity index (χ2v) is 24.4. The number of hydrogen-bond acceptors (Lipinski definition) is 12.